The van der Waals surface area contributed by atoms with E-state index in [0.717, 1.165) is 5.69 Å². The fourth-order valence-electron chi connectivity index (χ4n) is 3.17. The van der Waals surface area contributed by atoms with Gasteiger partial charge in [0.15, 0.2) is 0 Å². The molecule has 0 amide bonds. The fraction of sp³-hybridized carbons (Fsp3) is 0.150. The summed E-state index contributed by atoms with van der Waals surface area (Å²) >= 11 is -0.194. The van der Waals surface area contributed by atoms with Crippen molar-refractivity contribution >= 4 is 49.9 Å². The summed E-state index contributed by atoms with van der Waals surface area (Å²) in [6, 6.07) is 17.8. The van der Waals surface area contributed by atoms with Crippen molar-refractivity contribution in [3.05, 3.63) is 60.1 Å². The van der Waals surface area contributed by atoms with Gasteiger partial charge in [0.2, 0.25) is 0 Å². The Kier molecular flexibility index (Phi) is 3.54. The Morgan fingerprint density at radius 2 is 1.74 bits per heavy atom. The number of aromatic nitrogens is 1. The predicted octanol–water partition coefficient (Wildman–Crippen LogP) is 5.66. The number of fused-ring (bicyclic) bond motifs is 2. The predicted molar refractivity (Wildman–Crippen MR) is 106 cm³/mol. The van der Waals surface area contributed by atoms with Crippen molar-refractivity contribution in [2.45, 2.75) is 17.3 Å². The number of thiophene rings is 1. The van der Waals surface area contributed by atoms with Gasteiger partial charge in [-0.25, -0.2) is 0 Å². The van der Waals surface area contributed by atoms with E-state index in [1.807, 2.05) is 6.20 Å². The monoisotopic (exact) mass is 379 g/mol. The Morgan fingerprint density at radius 3 is 2.57 bits per heavy atom. The summed E-state index contributed by atoms with van der Waals surface area (Å²) in [7, 11) is 0. The molecule has 0 spiro atoms. The van der Waals surface area contributed by atoms with Crippen LogP contribution in [0.15, 0.2) is 60.1 Å². The van der Waals surface area contributed by atoms with Crippen LogP contribution in [0.4, 0.5) is 0 Å². The van der Waals surface area contributed by atoms with Gasteiger partial charge in [0.25, 0.3) is 0 Å². The van der Waals surface area contributed by atoms with E-state index in [1.54, 1.807) is 15.7 Å². The molecule has 0 aliphatic rings. The molecule has 0 radical (unpaired) electrons. The molecule has 1 nitrogen and oxygen atoms in total. The zero-order valence-corrected chi connectivity index (χ0v) is 16.5. The summed E-state index contributed by atoms with van der Waals surface area (Å²) in [5.41, 5.74) is 2.38. The van der Waals surface area contributed by atoms with Crippen LogP contribution in [0.1, 0.15) is 0 Å². The van der Waals surface area contributed by atoms with E-state index >= 15 is 0 Å². The molecule has 0 aliphatic heterocycles. The first kappa shape index (κ1) is 14.9. The van der Waals surface area contributed by atoms with Crippen molar-refractivity contribution < 1.29 is 0 Å². The van der Waals surface area contributed by atoms with Gasteiger partial charge in [-0.3, -0.25) is 0 Å². The number of pyridine rings is 1. The molecule has 0 bridgehead atoms. The quantitative estimate of drug-likeness (QED) is 0.410. The first-order valence-corrected chi connectivity index (χ1v) is 16.1. The molecule has 4 rings (SSSR count). The first-order chi connectivity index (χ1) is 11.0. The van der Waals surface area contributed by atoms with Crippen molar-refractivity contribution in [1.82, 2.24) is 4.98 Å². The molecule has 0 N–H and O–H groups in total. The number of rotatable bonds is 2. The van der Waals surface area contributed by atoms with Crippen molar-refractivity contribution in [3.63, 3.8) is 0 Å². The molecule has 2 heterocycles. The van der Waals surface area contributed by atoms with Gasteiger partial charge in [-0.15, -0.1) is 0 Å². The van der Waals surface area contributed by atoms with Gasteiger partial charge < -0.3 is 0 Å². The molecule has 2 aromatic carbocycles. The van der Waals surface area contributed by atoms with Gasteiger partial charge in [0, 0.05) is 0 Å². The van der Waals surface area contributed by atoms with Crippen LogP contribution in [0.2, 0.25) is 17.3 Å². The standard InChI is InChI=1S/C20H19GeNS/c1-21(2,3)18-13-16(12-15-6-4-5-7-17(15)18)19-20-14(8-10-22-19)9-11-23-20/h4-13H,1-3H3. The Labute approximate surface area is 143 Å². The summed E-state index contributed by atoms with van der Waals surface area (Å²) in [4.78, 5) is 4.71. The van der Waals surface area contributed by atoms with Crippen LogP contribution in [-0.4, -0.2) is 18.3 Å². The summed E-state index contributed by atoms with van der Waals surface area (Å²) in [6.45, 7) is 0. The Bertz CT molecular complexity index is 1010. The first-order valence-electron chi connectivity index (χ1n) is 7.90. The Hall–Kier alpha value is -1.65. The van der Waals surface area contributed by atoms with Crippen LogP contribution in [-0.2, 0) is 0 Å². The second-order valence-corrected chi connectivity index (χ2v) is 18.5. The SMILES string of the molecule is [CH3][Ge]([CH3])([CH3])[c]1cc(-c2nccc3ccsc23)cc2ccccc12. The zero-order valence-electron chi connectivity index (χ0n) is 13.6. The Morgan fingerprint density at radius 1 is 0.913 bits per heavy atom. The number of benzene rings is 2. The van der Waals surface area contributed by atoms with Crippen LogP contribution in [0.3, 0.4) is 0 Å². The number of hydrogen-bond acceptors (Lipinski definition) is 2. The maximum absolute atomic E-state index is 4.71. The van der Waals surface area contributed by atoms with E-state index < -0.39 is 13.3 Å². The number of nitrogens with zero attached hydrogens (tertiary/aromatic N) is 1. The molecule has 0 saturated carbocycles. The van der Waals surface area contributed by atoms with Crippen LogP contribution >= 0.6 is 11.3 Å². The molecule has 2 aromatic heterocycles. The normalized spacial score (nSPS) is 12.1. The van der Waals surface area contributed by atoms with Gasteiger partial charge in [0.1, 0.15) is 0 Å². The molecule has 0 aliphatic carbocycles. The van der Waals surface area contributed by atoms with Gasteiger partial charge in [-0.05, 0) is 0 Å². The third-order valence-electron chi connectivity index (χ3n) is 4.31. The topological polar surface area (TPSA) is 12.9 Å². The third kappa shape index (κ3) is 2.60. The zero-order chi connectivity index (χ0) is 16.0. The molecular formula is C20H19GeNS. The molecule has 0 unspecified atom stereocenters. The van der Waals surface area contributed by atoms with E-state index in [1.165, 1.54) is 26.4 Å². The molecular weight excluding hydrogens is 359 g/mol. The summed E-state index contributed by atoms with van der Waals surface area (Å²) < 4.78 is 2.85. The van der Waals surface area contributed by atoms with Crippen LogP contribution in [0.5, 0.6) is 0 Å². The second-order valence-electron chi connectivity index (χ2n) is 6.99. The van der Waals surface area contributed by atoms with Crippen molar-refractivity contribution in [2.75, 3.05) is 0 Å². The van der Waals surface area contributed by atoms with E-state index in [0.29, 0.717) is 0 Å². The van der Waals surface area contributed by atoms with Gasteiger partial charge in [0.05, 0.1) is 0 Å². The van der Waals surface area contributed by atoms with Crippen LogP contribution < -0.4 is 4.40 Å². The van der Waals surface area contributed by atoms with Gasteiger partial charge in [-0.1, -0.05) is 0 Å². The van der Waals surface area contributed by atoms with E-state index in [9.17, 15) is 0 Å². The molecule has 114 valence electrons. The van der Waals surface area contributed by atoms with E-state index in [4.69, 9.17) is 4.98 Å². The molecule has 0 atom stereocenters. The minimum atomic E-state index is -1.97. The second kappa shape index (κ2) is 5.46. The average molecular weight is 378 g/mol. The third-order valence-corrected chi connectivity index (χ3v) is 9.51. The Balaban J connectivity index is 2.07. The minimum absolute atomic E-state index is 1.12. The van der Waals surface area contributed by atoms with Gasteiger partial charge >= 0.3 is 143 Å². The fourth-order valence-corrected chi connectivity index (χ4v) is 7.48. The van der Waals surface area contributed by atoms with E-state index in [2.05, 4.69) is 71.2 Å². The van der Waals surface area contributed by atoms with Crippen LogP contribution in [0, 0.1) is 0 Å². The van der Waals surface area contributed by atoms with Gasteiger partial charge in [-0.2, -0.15) is 0 Å². The van der Waals surface area contributed by atoms with Crippen molar-refractivity contribution in [3.8, 4) is 11.3 Å². The molecule has 23 heavy (non-hydrogen) atoms. The molecule has 3 heteroatoms. The molecule has 0 saturated heterocycles. The number of hydrogen-bond donors (Lipinski definition) is 0. The molecule has 4 aromatic rings. The average Bonchev–Trinajstić information content (AvgIpc) is 3.01. The van der Waals surface area contributed by atoms with Crippen molar-refractivity contribution in [1.29, 1.82) is 0 Å². The molecule has 0 fully saturated rings. The summed E-state index contributed by atoms with van der Waals surface area (Å²) in [6.07, 6.45) is 1.93. The van der Waals surface area contributed by atoms with E-state index in [-0.39, 0.29) is 0 Å². The maximum atomic E-state index is 4.71. The van der Waals surface area contributed by atoms with Crippen molar-refractivity contribution in [2.24, 2.45) is 0 Å². The summed E-state index contributed by atoms with van der Waals surface area (Å²) in [5.74, 6) is 7.39. The summed E-state index contributed by atoms with van der Waals surface area (Å²) in [5, 5.41) is 6.18. The van der Waals surface area contributed by atoms with Crippen LogP contribution in [0.25, 0.3) is 32.1 Å².